The van der Waals surface area contributed by atoms with Gasteiger partial charge in [-0.1, -0.05) is 62.4 Å². The summed E-state index contributed by atoms with van der Waals surface area (Å²) in [5.41, 5.74) is 2.91. The standard InChI is InChI=1S/C27H31NO4/c1-20(2)22-12-14-23(15-13-22)26(29)25-11-7-17-28(25)16-6-9-21-8-5-10-24(18-21)32-27(3,4)19-31-30/h5-15,17-18,20,30H,16,19H2,1-4H3/b9-6+. The van der Waals surface area contributed by atoms with Crippen LogP contribution < -0.4 is 4.74 Å². The SMILES string of the molecule is CC(C)c1ccc(C(=O)c2cccn2C/C=C/c2cccc(OC(C)(C)COO)c2)cc1. The molecule has 168 valence electrons. The van der Waals surface area contributed by atoms with Crippen LogP contribution in [-0.4, -0.2) is 27.8 Å². The monoisotopic (exact) mass is 433 g/mol. The number of allylic oxidation sites excluding steroid dienone is 1. The number of ketones is 1. The molecule has 0 unspecified atom stereocenters. The number of carbonyl (C=O) groups is 1. The Morgan fingerprint density at radius 1 is 1.09 bits per heavy atom. The molecule has 1 N–H and O–H groups in total. The molecule has 0 amide bonds. The van der Waals surface area contributed by atoms with Crippen LogP contribution in [0, 0.1) is 0 Å². The molecule has 0 aliphatic heterocycles. The number of rotatable bonds is 10. The van der Waals surface area contributed by atoms with Crippen molar-refractivity contribution in [3.8, 4) is 5.75 Å². The summed E-state index contributed by atoms with van der Waals surface area (Å²) in [5, 5.41) is 8.69. The van der Waals surface area contributed by atoms with E-state index in [1.807, 2.05) is 97.4 Å². The van der Waals surface area contributed by atoms with Crippen LogP contribution in [-0.2, 0) is 11.4 Å². The van der Waals surface area contributed by atoms with Gasteiger partial charge in [0.15, 0.2) is 0 Å². The Hall–Kier alpha value is -3.15. The van der Waals surface area contributed by atoms with E-state index in [1.54, 1.807) is 0 Å². The van der Waals surface area contributed by atoms with Crippen LogP contribution in [0.4, 0.5) is 0 Å². The number of nitrogens with zero attached hydrogens (tertiary/aromatic N) is 1. The van der Waals surface area contributed by atoms with Crippen LogP contribution >= 0.6 is 0 Å². The van der Waals surface area contributed by atoms with Gasteiger partial charge in [-0.3, -0.25) is 10.1 Å². The lowest BCUT2D eigenvalue weighted by Crippen LogP contribution is -2.33. The molecule has 3 rings (SSSR count). The Kier molecular flexibility index (Phi) is 7.67. The lowest BCUT2D eigenvalue weighted by Gasteiger charge is -2.24. The van der Waals surface area contributed by atoms with Gasteiger partial charge in [0.1, 0.15) is 18.0 Å². The highest BCUT2D eigenvalue weighted by Gasteiger charge is 2.20. The number of carbonyl (C=O) groups excluding carboxylic acids is 1. The minimum Gasteiger partial charge on any atom is -0.485 e. The fourth-order valence-electron chi connectivity index (χ4n) is 3.43. The van der Waals surface area contributed by atoms with E-state index in [9.17, 15) is 4.79 Å². The van der Waals surface area contributed by atoms with Crippen molar-refractivity contribution >= 4 is 11.9 Å². The van der Waals surface area contributed by atoms with Gasteiger partial charge in [0, 0.05) is 18.3 Å². The van der Waals surface area contributed by atoms with Crippen molar-refractivity contribution in [3.05, 3.63) is 95.3 Å². The Balaban J connectivity index is 1.68. The molecule has 1 heterocycles. The number of benzene rings is 2. The lowest BCUT2D eigenvalue weighted by atomic mass is 10.00. The number of hydrogen-bond donors (Lipinski definition) is 1. The first-order chi connectivity index (χ1) is 15.3. The first-order valence-electron chi connectivity index (χ1n) is 10.8. The molecule has 1 aromatic heterocycles. The van der Waals surface area contributed by atoms with E-state index in [4.69, 9.17) is 9.99 Å². The summed E-state index contributed by atoms with van der Waals surface area (Å²) in [6.45, 7) is 8.60. The molecule has 0 radical (unpaired) electrons. The maximum Gasteiger partial charge on any atom is 0.209 e. The molecule has 0 fully saturated rings. The third kappa shape index (κ3) is 6.19. The van der Waals surface area contributed by atoms with Crippen LogP contribution in [0.2, 0.25) is 0 Å². The zero-order chi connectivity index (χ0) is 23.1. The Morgan fingerprint density at radius 2 is 1.84 bits per heavy atom. The van der Waals surface area contributed by atoms with Gasteiger partial charge < -0.3 is 9.30 Å². The second kappa shape index (κ2) is 10.4. The van der Waals surface area contributed by atoms with Crippen molar-refractivity contribution in [2.45, 2.75) is 45.8 Å². The number of aromatic nitrogens is 1. The van der Waals surface area contributed by atoms with Crippen molar-refractivity contribution in [1.29, 1.82) is 0 Å². The van der Waals surface area contributed by atoms with Gasteiger partial charge in [-0.2, -0.15) is 0 Å². The van der Waals surface area contributed by atoms with Gasteiger partial charge in [0.2, 0.25) is 5.78 Å². The van der Waals surface area contributed by atoms with Gasteiger partial charge >= 0.3 is 0 Å². The summed E-state index contributed by atoms with van der Waals surface area (Å²) in [5.74, 6) is 1.14. The zero-order valence-electron chi connectivity index (χ0n) is 19.1. The van der Waals surface area contributed by atoms with E-state index < -0.39 is 5.60 Å². The quantitative estimate of drug-likeness (QED) is 0.235. The van der Waals surface area contributed by atoms with E-state index in [2.05, 4.69) is 18.7 Å². The molecule has 0 atom stereocenters. The van der Waals surface area contributed by atoms with E-state index >= 15 is 0 Å². The lowest BCUT2D eigenvalue weighted by molar-refractivity contribution is -0.264. The Morgan fingerprint density at radius 3 is 2.53 bits per heavy atom. The Labute approximate surface area is 189 Å². The fourth-order valence-corrected chi connectivity index (χ4v) is 3.43. The zero-order valence-corrected chi connectivity index (χ0v) is 19.1. The average molecular weight is 434 g/mol. The van der Waals surface area contributed by atoms with Crippen molar-refractivity contribution in [1.82, 2.24) is 4.57 Å². The summed E-state index contributed by atoms with van der Waals surface area (Å²) in [4.78, 5) is 17.2. The minimum absolute atomic E-state index is 0.0161. The third-order valence-electron chi connectivity index (χ3n) is 5.18. The summed E-state index contributed by atoms with van der Waals surface area (Å²) in [6.07, 6.45) is 5.92. The van der Waals surface area contributed by atoms with E-state index in [-0.39, 0.29) is 12.4 Å². The largest absolute Gasteiger partial charge is 0.485 e. The highest BCUT2D eigenvalue weighted by Crippen LogP contribution is 2.21. The van der Waals surface area contributed by atoms with E-state index in [1.165, 1.54) is 5.56 Å². The summed E-state index contributed by atoms with van der Waals surface area (Å²) >= 11 is 0. The van der Waals surface area contributed by atoms with Crippen molar-refractivity contribution < 1.29 is 19.7 Å². The van der Waals surface area contributed by atoms with Crippen LogP contribution in [0.3, 0.4) is 0 Å². The summed E-state index contributed by atoms with van der Waals surface area (Å²) < 4.78 is 7.83. The third-order valence-corrected chi connectivity index (χ3v) is 5.18. The molecule has 5 nitrogen and oxygen atoms in total. The minimum atomic E-state index is -0.648. The van der Waals surface area contributed by atoms with Gasteiger partial charge in [0.25, 0.3) is 0 Å². The first-order valence-corrected chi connectivity index (χ1v) is 10.8. The predicted molar refractivity (Wildman–Crippen MR) is 127 cm³/mol. The predicted octanol–water partition coefficient (Wildman–Crippen LogP) is 6.20. The fraction of sp³-hybridized carbons (Fsp3) is 0.296. The molecular formula is C27H31NO4. The molecule has 0 aliphatic rings. The second-order valence-electron chi connectivity index (χ2n) is 8.76. The van der Waals surface area contributed by atoms with Crippen LogP contribution in [0.5, 0.6) is 5.75 Å². The molecule has 0 spiro atoms. The molecule has 0 saturated heterocycles. The van der Waals surface area contributed by atoms with E-state index in [0.717, 1.165) is 5.56 Å². The molecule has 3 aromatic rings. The highest BCUT2D eigenvalue weighted by molar-refractivity contribution is 6.08. The number of hydrogen-bond acceptors (Lipinski definition) is 4. The molecule has 0 aliphatic carbocycles. The van der Waals surface area contributed by atoms with Crippen molar-refractivity contribution in [2.75, 3.05) is 6.61 Å². The Bertz CT molecular complexity index is 1060. The van der Waals surface area contributed by atoms with Crippen LogP contribution in [0.1, 0.15) is 60.8 Å². The number of ether oxygens (including phenoxy) is 1. The van der Waals surface area contributed by atoms with Gasteiger partial charge in [-0.25, -0.2) is 4.89 Å². The molecule has 32 heavy (non-hydrogen) atoms. The van der Waals surface area contributed by atoms with Crippen molar-refractivity contribution in [2.24, 2.45) is 0 Å². The smallest absolute Gasteiger partial charge is 0.209 e. The average Bonchev–Trinajstić information content (AvgIpc) is 3.21. The maximum absolute atomic E-state index is 13.0. The molecule has 2 aromatic carbocycles. The molecular weight excluding hydrogens is 402 g/mol. The van der Waals surface area contributed by atoms with Crippen molar-refractivity contribution in [3.63, 3.8) is 0 Å². The molecule has 0 bridgehead atoms. The molecule has 0 saturated carbocycles. The first kappa shape index (κ1) is 23.5. The topological polar surface area (TPSA) is 60.7 Å². The maximum atomic E-state index is 13.0. The summed E-state index contributed by atoms with van der Waals surface area (Å²) in [6, 6.07) is 19.3. The van der Waals surface area contributed by atoms with Gasteiger partial charge in [0.05, 0.1) is 5.69 Å². The van der Waals surface area contributed by atoms with Gasteiger partial charge in [-0.15, -0.1) is 0 Å². The van der Waals surface area contributed by atoms with Gasteiger partial charge in [-0.05, 0) is 55.2 Å². The summed E-state index contributed by atoms with van der Waals surface area (Å²) in [7, 11) is 0. The van der Waals surface area contributed by atoms with Crippen LogP contribution in [0.25, 0.3) is 6.08 Å². The van der Waals surface area contributed by atoms with Crippen LogP contribution in [0.15, 0.2) is 72.9 Å². The normalized spacial score (nSPS) is 11.9. The van der Waals surface area contributed by atoms with E-state index in [0.29, 0.717) is 29.5 Å². The molecule has 5 heteroatoms. The second-order valence-corrected chi connectivity index (χ2v) is 8.76. The highest BCUT2D eigenvalue weighted by atomic mass is 17.1.